The van der Waals surface area contributed by atoms with Gasteiger partial charge in [0.05, 0.1) is 21.6 Å². The number of halogens is 2. The van der Waals surface area contributed by atoms with Gasteiger partial charge in [-0.15, -0.1) is 0 Å². The highest BCUT2D eigenvalue weighted by Gasteiger charge is 2.25. The molecule has 0 fully saturated rings. The highest BCUT2D eigenvalue weighted by molar-refractivity contribution is 6.35. The van der Waals surface area contributed by atoms with Gasteiger partial charge in [0, 0.05) is 27.7 Å². The van der Waals surface area contributed by atoms with Gasteiger partial charge in [-0.2, -0.15) is 5.10 Å². The summed E-state index contributed by atoms with van der Waals surface area (Å²) < 4.78 is 0. The second kappa shape index (κ2) is 9.37. The van der Waals surface area contributed by atoms with Crippen LogP contribution in [0.1, 0.15) is 17.4 Å². The number of H-pyrrole nitrogens is 1. The van der Waals surface area contributed by atoms with Crippen molar-refractivity contribution in [1.29, 1.82) is 0 Å². The lowest BCUT2D eigenvalue weighted by molar-refractivity contribution is -0.384. The Labute approximate surface area is 196 Å². The quantitative estimate of drug-likeness (QED) is 0.207. The summed E-state index contributed by atoms with van der Waals surface area (Å²) in [5, 5.41) is 27.0. The fourth-order valence-corrected chi connectivity index (χ4v) is 3.62. The van der Waals surface area contributed by atoms with Gasteiger partial charge in [-0.25, -0.2) is 4.98 Å². The van der Waals surface area contributed by atoms with Gasteiger partial charge < -0.3 is 10.1 Å². The summed E-state index contributed by atoms with van der Waals surface area (Å²) in [6.45, 7) is 0. The van der Waals surface area contributed by atoms with Gasteiger partial charge in [-0.05, 0) is 30.3 Å². The first-order valence-corrected chi connectivity index (χ1v) is 10.3. The van der Waals surface area contributed by atoms with Crippen LogP contribution in [0.25, 0.3) is 11.0 Å². The molecule has 1 unspecified atom stereocenters. The molecule has 3 aromatic carbocycles. The van der Waals surface area contributed by atoms with Crippen molar-refractivity contribution >= 4 is 51.3 Å². The molecule has 0 bridgehead atoms. The maximum absolute atomic E-state index is 12.9. The number of anilines is 1. The predicted octanol–water partition coefficient (Wildman–Crippen LogP) is 4.69. The molecule has 0 spiro atoms. The predicted molar refractivity (Wildman–Crippen MR) is 127 cm³/mol. The van der Waals surface area contributed by atoms with E-state index in [1.807, 2.05) is 6.07 Å². The Bertz CT molecular complexity index is 1440. The van der Waals surface area contributed by atoms with E-state index in [-0.39, 0.29) is 38.7 Å². The van der Waals surface area contributed by atoms with E-state index in [2.05, 4.69) is 20.5 Å². The molecule has 4 aromatic rings. The van der Waals surface area contributed by atoms with Crippen molar-refractivity contribution in [3.63, 3.8) is 0 Å². The third-order valence-electron chi connectivity index (χ3n) is 4.72. The van der Waals surface area contributed by atoms with Crippen LogP contribution in [-0.2, 0) is 0 Å². The molecular weight excluding hydrogens is 469 g/mol. The number of benzene rings is 3. The fraction of sp³-hybridized carbons (Fsp3) is 0.0455. The summed E-state index contributed by atoms with van der Waals surface area (Å²) in [4.78, 5) is 30.2. The molecule has 0 aliphatic heterocycles. The minimum atomic E-state index is -1.44. The van der Waals surface area contributed by atoms with Gasteiger partial charge in [-0.3, -0.25) is 20.3 Å². The molecule has 33 heavy (non-hydrogen) atoms. The van der Waals surface area contributed by atoms with E-state index in [0.29, 0.717) is 10.7 Å². The molecule has 1 atom stereocenters. The minimum Gasteiger partial charge on any atom is -0.382 e. The number of hydrogen-bond donors (Lipinski definition) is 3. The van der Waals surface area contributed by atoms with Gasteiger partial charge in [-0.1, -0.05) is 47.5 Å². The van der Waals surface area contributed by atoms with Crippen molar-refractivity contribution in [2.75, 3.05) is 5.43 Å². The topological polar surface area (TPSA) is 134 Å². The van der Waals surface area contributed by atoms with Gasteiger partial charge in [0.1, 0.15) is 11.8 Å². The summed E-state index contributed by atoms with van der Waals surface area (Å²) in [6.07, 6.45) is -1.44. The molecule has 1 heterocycles. The third kappa shape index (κ3) is 4.85. The number of nitro groups is 1. The van der Waals surface area contributed by atoms with Crippen LogP contribution >= 0.6 is 23.2 Å². The van der Waals surface area contributed by atoms with Crippen LogP contribution in [-0.4, -0.2) is 25.7 Å². The zero-order valence-corrected chi connectivity index (χ0v) is 18.2. The SMILES string of the molecule is O=c1[nH]c2cc([N+](=O)[O-])ccc2nc1C(=NNc1ccccc1)C(O)c1ccc(Cl)cc1Cl. The molecular formula is C22H15Cl2N5O4. The molecule has 166 valence electrons. The maximum atomic E-state index is 12.9. The number of fused-ring (bicyclic) bond motifs is 1. The number of nitrogens with one attached hydrogen (secondary N) is 2. The number of non-ortho nitro benzene ring substituents is 1. The van der Waals surface area contributed by atoms with Crippen LogP contribution in [0, 0.1) is 10.1 Å². The van der Waals surface area contributed by atoms with Gasteiger partial charge in [0.15, 0.2) is 5.69 Å². The Morgan fingerprint density at radius 3 is 2.58 bits per heavy atom. The average molecular weight is 484 g/mol. The lowest BCUT2D eigenvalue weighted by atomic mass is 10.0. The standard InChI is InChI=1S/C22H15Cl2N5O4/c23-12-6-8-15(16(24)10-12)21(30)19(28-27-13-4-2-1-3-5-13)20-22(31)26-18-11-14(29(32)33)7-9-17(18)25-20/h1-11,21,27,30H,(H,26,31). The van der Waals surface area contributed by atoms with E-state index >= 15 is 0 Å². The van der Waals surface area contributed by atoms with Crippen molar-refractivity contribution in [1.82, 2.24) is 9.97 Å². The van der Waals surface area contributed by atoms with Crippen molar-refractivity contribution in [3.8, 4) is 0 Å². The van der Waals surface area contributed by atoms with Gasteiger partial charge in [0.2, 0.25) is 0 Å². The summed E-state index contributed by atoms with van der Waals surface area (Å²) in [5.74, 6) is 0. The number of hydrogen-bond acceptors (Lipinski definition) is 7. The molecule has 0 amide bonds. The number of hydrazone groups is 1. The molecule has 0 radical (unpaired) electrons. The first-order chi connectivity index (χ1) is 15.8. The summed E-state index contributed by atoms with van der Waals surface area (Å²) in [5.41, 5.74) is 2.94. The van der Waals surface area contributed by atoms with E-state index in [4.69, 9.17) is 23.2 Å². The van der Waals surface area contributed by atoms with Crippen molar-refractivity contribution in [3.05, 3.63) is 109 Å². The Hall–Kier alpha value is -3.79. The first kappa shape index (κ1) is 22.4. The molecule has 4 rings (SSSR count). The Morgan fingerprint density at radius 1 is 1.12 bits per heavy atom. The second-order valence-corrected chi connectivity index (χ2v) is 7.76. The number of aromatic amines is 1. The van der Waals surface area contributed by atoms with Crippen molar-refractivity contribution in [2.45, 2.75) is 6.10 Å². The summed E-state index contributed by atoms with van der Waals surface area (Å²) in [6, 6.07) is 17.3. The summed E-state index contributed by atoms with van der Waals surface area (Å²) in [7, 11) is 0. The Balaban J connectivity index is 1.85. The van der Waals surface area contributed by atoms with Crippen LogP contribution in [0.5, 0.6) is 0 Å². The van der Waals surface area contributed by atoms with Crippen LogP contribution < -0.4 is 11.0 Å². The number of para-hydroxylation sites is 1. The number of nitro benzene ring substituents is 1. The molecule has 9 nitrogen and oxygen atoms in total. The van der Waals surface area contributed by atoms with E-state index < -0.39 is 16.6 Å². The lowest BCUT2D eigenvalue weighted by Gasteiger charge is -2.16. The highest BCUT2D eigenvalue weighted by atomic mass is 35.5. The largest absolute Gasteiger partial charge is 0.382 e. The van der Waals surface area contributed by atoms with Crippen LogP contribution in [0.3, 0.4) is 0 Å². The van der Waals surface area contributed by atoms with Gasteiger partial charge >= 0.3 is 0 Å². The monoisotopic (exact) mass is 483 g/mol. The molecule has 1 aromatic heterocycles. The molecule has 0 aliphatic carbocycles. The average Bonchev–Trinajstić information content (AvgIpc) is 2.79. The number of aromatic nitrogens is 2. The molecule has 11 heteroatoms. The lowest BCUT2D eigenvalue weighted by Crippen LogP contribution is -2.26. The summed E-state index contributed by atoms with van der Waals surface area (Å²) >= 11 is 12.2. The van der Waals surface area contributed by atoms with Crippen LogP contribution in [0.15, 0.2) is 76.6 Å². The normalized spacial score (nSPS) is 12.5. The number of rotatable bonds is 6. The Morgan fingerprint density at radius 2 is 1.88 bits per heavy atom. The molecule has 0 saturated carbocycles. The highest BCUT2D eigenvalue weighted by Crippen LogP contribution is 2.28. The smallest absolute Gasteiger partial charge is 0.276 e. The van der Waals surface area contributed by atoms with E-state index in [9.17, 15) is 20.0 Å². The third-order valence-corrected chi connectivity index (χ3v) is 5.29. The number of nitrogens with zero attached hydrogens (tertiary/aromatic N) is 3. The number of aliphatic hydroxyl groups excluding tert-OH is 1. The zero-order valence-electron chi connectivity index (χ0n) is 16.7. The van der Waals surface area contributed by atoms with E-state index in [0.717, 1.165) is 0 Å². The van der Waals surface area contributed by atoms with E-state index in [1.54, 1.807) is 30.3 Å². The zero-order chi connectivity index (χ0) is 23.5. The molecule has 0 aliphatic rings. The first-order valence-electron chi connectivity index (χ1n) is 9.54. The number of aliphatic hydroxyl groups is 1. The van der Waals surface area contributed by atoms with E-state index in [1.165, 1.54) is 30.3 Å². The maximum Gasteiger partial charge on any atom is 0.276 e. The van der Waals surface area contributed by atoms with Crippen LogP contribution in [0.4, 0.5) is 11.4 Å². The fourth-order valence-electron chi connectivity index (χ4n) is 3.11. The second-order valence-electron chi connectivity index (χ2n) is 6.92. The minimum absolute atomic E-state index is 0.107. The van der Waals surface area contributed by atoms with Crippen molar-refractivity contribution < 1.29 is 10.0 Å². The molecule has 3 N–H and O–H groups in total. The molecule has 0 saturated heterocycles. The Kier molecular flexibility index (Phi) is 6.36. The van der Waals surface area contributed by atoms with Crippen molar-refractivity contribution in [2.24, 2.45) is 5.10 Å². The van der Waals surface area contributed by atoms with Crippen LogP contribution in [0.2, 0.25) is 10.0 Å². The van der Waals surface area contributed by atoms with Gasteiger partial charge in [0.25, 0.3) is 11.2 Å².